The van der Waals surface area contributed by atoms with Gasteiger partial charge in [0.15, 0.2) is 15.6 Å². The summed E-state index contributed by atoms with van der Waals surface area (Å²) >= 11 is 5.80. The van der Waals surface area contributed by atoms with Crippen LogP contribution in [0.2, 0.25) is 5.02 Å². The molecule has 1 saturated heterocycles. The predicted molar refractivity (Wildman–Crippen MR) is 106 cm³/mol. The molecule has 0 unspecified atom stereocenters. The Kier molecular flexibility index (Phi) is 5.80. The molecule has 0 aliphatic carbocycles. The Bertz CT molecular complexity index is 1050. The number of halogens is 2. The highest BCUT2D eigenvalue weighted by Crippen LogP contribution is 2.31. The van der Waals surface area contributed by atoms with Crippen molar-refractivity contribution in [3.05, 3.63) is 58.9 Å². The Hall–Kier alpha value is -2.29. The number of aryl methyl sites for hydroxylation is 1. The SMILES string of the molecule is CS(=O)(=O)c1ccc(N2CC[C@@](O)(C(=O)CCc3cc(F)cc(Cl)c3)C2=O)cc1. The van der Waals surface area contributed by atoms with Crippen LogP contribution in [0.25, 0.3) is 0 Å². The number of carbonyl (C=O) groups excluding carboxylic acids is 2. The highest BCUT2D eigenvalue weighted by molar-refractivity contribution is 7.90. The van der Waals surface area contributed by atoms with Gasteiger partial charge in [0, 0.05) is 36.4 Å². The highest BCUT2D eigenvalue weighted by atomic mass is 35.5. The fourth-order valence-corrected chi connectivity index (χ4v) is 4.18. The van der Waals surface area contributed by atoms with Gasteiger partial charge in [-0.15, -0.1) is 0 Å². The minimum Gasteiger partial charge on any atom is -0.373 e. The second kappa shape index (κ2) is 7.85. The Morgan fingerprint density at radius 2 is 1.90 bits per heavy atom. The summed E-state index contributed by atoms with van der Waals surface area (Å²) in [5, 5.41) is 10.9. The normalized spacial score (nSPS) is 19.6. The molecule has 29 heavy (non-hydrogen) atoms. The summed E-state index contributed by atoms with van der Waals surface area (Å²) in [5.41, 5.74) is -1.28. The molecule has 3 rings (SSSR count). The fraction of sp³-hybridized carbons (Fsp3) is 0.300. The Morgan fingerprint density at radius 1 is 1.24 bits per heavy atom. The fourth-order valence-electron chi connectivity index (χ4n) is 3.30. The topological polar surface area (TPSA) is 91.8 Å². The smallest absolute Gasteiger partial charge is 0.266 e. The lowest BCUT2D eigenvalue weighted by atomic mass is 9.92. The van der Waals surface area contributed by atoms with Gasteiger partial charge >= 0.3 is 0 Å². The van der Waals surface area contributed by atoms with Crippen molar-refractivity contribution in [3.63, 3.8) is 0 Å². The molecule has 2 aromatic rings. The molecule has 9 heteroatoms. The third-order valence-electron chi connectivity index (χ3n) is 4.90. The second-order valence-electron chi connectivity index (χ2n) is 7.03. The van der Waals surface area contributed by atoms with Crippen LogP contribution in [-0.4, -0.2) is 43.6 Å². The molecule has 154 valence electrons. The summed E-state index contributed by atoms with van der Waals surface area (Å²) in [6, 6.07) is 9.56. The molecule has 1 atom stereocenters. The van der Waals surface area contributed by atoms with Crippen molar-refractivity contribution >= 4 is 38.8 Å². The van der Waals surface area contributed by atoms with Crippen molar-refractivity contribution in [1.29, 1.82) is 0 Å². The summed E-state index contributed by atoms with van der Waals surface area (Å²) in [6.45, 7) is 0.116. The number of Topliss-reactive ketones (excluding diaryl/α,β-unsaturated/α-hetero) is 1. The van der Waals surface area contributed by atoms with E-state index in [4.69, 9.17) is 11.6 Å². The summed E-state index contributed by atoms with van der Waals surface area (Å²) in [5.74, 6) is -1.94. The molecule has 2 aromatic carbocycles. The van der Waals surface area contributed by atoms with E-state index in [1.807, 2.05) is 0 Å². The van der Waals surface area contributed by atoms with Crippen LogP contribution in [0.5, 0.6) is 0 Å². The van der Waals surface area contributed by atoms with Gasteiger partial charge in [0.1, 0.15) is 5.82 Å². The van der Waals surface area contributed by atoms with Gasteiger partial charge in [-0.05, 0) is 54.4 Å². The third kappa shape index (κ3) is 4.49. The van der Waals surface area contributed by atoms with Gasteiger partial charge in [0.2, 0.25) is 5.60 Å². The van der Waals surface area contributed by atoms with Gasteiger partial charge in [-0.25, -0.2) is 12.8 Å². The van der Waals surface area contributed by atoms with Gasteiger partial charge in [0.25, 0.3) is 5.91 Å². The van der Waals surface area contributed by atoms with Gasteiger partial charge in [0.05, 0.1) is 4.90 Å². The molecular weight excluding hydrogens is 421 g/mol. The molecule has 0 saturated carbocycles. The van der Waals surface area contributed by atoms with Crippen LogP contribution < -0.4 is 4.90 Å². The third-order valence-corrected chi connectivity index (χ3v) is 6.24. The predicted octanol–water partition coefficient (Wildman–Crippen LogP) is 2.55. The number of anilines is 1. The Labute approximate surface area is 172 Å². The number of hydrogen-bond acceptors (Lipinski definition) is 5. The monoisotopic (exact) mass is 439 g/mol. The molecule has 6 nitrogen and oxygen atoms in total. The van der Waals surface area contributed by atoms with E-state index in [1.165, 1.54) is 41.3 Å². The molecule has 1 amide bonds. The summed E-state index contributed by atoms with van der Waals surface area (Å²) in [6.07, 6.45) is 0.979. The minimum absolute atomic E-state index is 0.0810. The highest BCUT2D eigenvalue weighted by Gasteiger charge is 2.50. The zero-order chi connectivity index (χ0) is 21.4. The number of hydrogen-bond donors (Lipinski definition) is 1. The maximum atomic E-state index is 13.4. The Balaban J connectivity index is 1.72. The van der Waals surface area contributed by atoms with Gasteiger partial charge in [-0.2, -0.15) is 0 Å². The molecule has 0 bridgehead atoms. The van der Waals surface area contributed by atoms with Crippen LogP contribution >= 0.6 is 11.6 Å². The van der Waals surface area contributed by atoms with Crippen molar-refractivity contribution in [2.75, 3.05) is 17.7 Å². The van der Waals surface area contributed by atoms with Crippen LogP contribution in [0.4, 0.5) is 10.1 Å². The summed E-state index contributed by atoms with van der Waals surface area (Å²) < 4.78 is 36.5. The van der Waals surface area contributed by atoms with Crippen LogP contribution in [0.15, 0.2) is 47.4 Å². The van der Waals surface area contributed by atoms with Gasteiger partial charge < -0.3 is 10.0 Å². The van der Waals surface area contributed by atoms with Gasteiger partial charge in [-0.1, -0.05) is 11.6 Å². The maximum absolute atomic E-state index is 13.4. The number of amides is 1. The number of ketones is 1. The number of sulfone groups is 1. The molecular formula is C20H19ClFNO5S. The van der Waals surface area contributed by atoms with E-state index in [2.05, 4.69) is 0 Å². The number of carbonyl (C=O) groups is 2. The van der Waals surface area contributed by atoms with Crippen LogP contribution in [0, 0.1) is 5.82 Å². The van der Waals surface area contributed by atoms with E-state index in [9.17, 15) is 27.5 Å². The zero-order valence-electron chi connectivity index (χ0n) is 15.6. The first-order chi connectivity index (χ1) is 13.5. The minimum atomic E-state index is -3.38. The zero-order valence-corrected chi connectivity index (χ0v) is 17.1. The van der Waals surface area contributed by atoms with Gasteiger partial charge in [-0.3, -0.25) is 9.59 Å². The van der Waals surface area contributed by atoms with Crippen molar-refractivity contribution in [2.45, 2.75) is 29.8 Å². The molecule has 1 N–H and O–H groups in total. The molecule has 0 radical (unpaired) electrons. The lowest BCUT2D eigenvalue weighted by Crippen LogP contribution is -2.47. The molecule has 0 spiro atoms. The first-order valence-electron chi connectivity index (χ1n) is 8.83. The van der Waals surface area contributed by atoms with E-state index in [0.29, 0.717) is 11.3 Å². The van der Waals surface area contributed by atoms with Crippen molar-refractivity contribution < 1.29 is 27.5 Å². The first-order valence-corrected chi connectivity index (χ1v) is 11.1. The van der Waals surface area contributed by atoms with Crippen molar-refractivity contribution in [3.8, 4) is 0 Å². The van der Waals surface area contributed by atoms with Crippen molar-refractivity contribution in [2.24, 2.45) is 0 Å². The summed E-state index contributed by atoms with van der Waals surface area (Å²) in [4.78, 5) is 26.7. The van der Waals surface area contributed by atoms with E-state index in [-0.39, 0.29) is 35.7 Å². The second-order valence-corrected chi connectivity index (χ2v) is 9.49. The molecule has 1 aliphatic rings. The largest absolute Gasteiger partial charge is 0.373 e. The standard InChI is InChI=1S/C20H19ClFNO5S/c1-29(27,28)17-5-3-16(4-6-17)23-9-8-20(26,19(23)25)18(24)7-2-13-10-14(21)12-15(22)11-13/h3-6,10-12,26H,2,7-9H2,1H3/t20-/m1/s1. The molecule has 0 aromatic heterocycles. The number of aliphatic hydroxyl groups is 1. The van der Waals surface area contributed by atoms with Crippen LogP contribution in [0.1, 0.15) is 18.4 Å². The van der Waals surface area contributed by atoms with E-state index in [1.54, 1.807) is 0 Å². The molecule has 1 fully saturated rings. The van der Waals surface area contributed by atoms with Crippen LogP contribution in [-0.2, 0) is 25.8 Å². The first kappa shape index (κ1) is 21.4. The van der Waals surface area contributed by atoms with Crippen LogP contribution in [0.3, 0.4) is 0 Å². The number of rotatable bonds is 6. The van der Waals surface area contributed by atoms with Crippen molar-refractivity contribution in [1.82, 2.24) is 0 Å². The lowest BCUT2D eigenvalue weighted by molar-refractivity contribution is -0.147. The van der Waals surface area contributed by atoms with E-state index < -0.39 is 32.9 Å². The quantitative estimate of drug-likeness (QED) is 0.698. The molecule has 1 aliphatic heterocycles. The number of nitrogens with zero attached hydrogens (tertiary/aromatic N) is 1. The maximum Gasteiger partial charge on any atom is 0.266 e. The Morgan fingerprint density at radius 3 is 2.48 bits per heavy atom. The number of benzene rings is 2. The van der Waals surface area contributed by atoms with E-state index in [0.717, 1.165) is 12.3 Å². The average Bonchev–Trinajstić information content (AvgIpc) is 2.94. The molecule has 1 heterocycles. The summed E-state index contributed by atoms with van der Waals surface area (Å²) in [7, 11) is -3.38. The average molecular weight is 440 g/mol. The lowest BCUT2D eigenvalue weighted by Gasteiger charge is -2.21. The van der Waals surface area contributed by atoms with E-state index >= 15 is 0 Å².